The summed E-state index contributed by atoms with van der Waals surface area (Å²) in [5.74, 6) is 5.94. The van der Waals surface area contributed by atoms with Crippen LogP contribution in [0.3, 0.4) is 0 Å². The van der Waals surface area contributed by atoms with Gasteiger partial charge in [-0.1, -0.05) is 18.1 Å². The maximum Gasteiger partial charge on any atom is 0.198 e. The van der Waals surface area contributed by atoms with Crippen molar-refractivity contribution in [1.82, 2.24) is 19.6 Å². The van der Waals surface area contributed by atoms with Crippen LogP contribution in [0.5, 0.6) is 0 Å². The molecule has 3 aromatic rings. The number of aromatic nitrogens is 4. The van der Waals surface area contributed by atoms with E-state index in [4.69, 9.17) is 5.73 Å². The Morgan fingerprint density at radius 2 is 2.04 bits per heavy atom. The molecule has 25 heavy (non-hydrogen) atoms. The first-order valence-electron chi connectivity index (χ1n) is 8.07. The molecule has 0 aliphatic heterocycles. The normalized spacial score (nSPS) is 15.9. The van der Waals surface area contributed by atoms with Crippen LogP contribution >= 0.6 is 0 Å². The van der Waals surface area contributed by atoms with Crippen molar-refractivity contribution in [3.05, 3.63) is 42.0 Å². The van der Waals surface area contributed by atoms with Gasteiger partial charge in [0.2, 0.25) is 0 Å². The van der Waals surface area contributed by atoms with Crippen LogP contribution < -0.4 is 5.73 Å². The molecule has 4 rings (SSSR count). The summed E-state index contributed by atoms with van der Waals surface area (Å²) in [6.45, 7) is 0. The van der Waals surface area contributed by atoms with E-state index in [2.05, 4.69) is 26.9 Å². The lowest BCUT2D eigenvalue weighted by molar-refractivity contribution is 0.110. The maximum atomic E-state index is 13.4. The van der Waals surface area contributed by atoms with Crippen LogP contribution in [-0.2, 0) is 0 Å². The van der Waals surface area contributed by atoms with Crippen LogP contribution in [0.2, 0.25) is 0 Å². The van der Waals surface area contributed by atoms with E-state index in [0.717, 1.165) is 12.8 Å². The number of rotatable bonds is 1. The standard InChI is InChI=1S/C18H16FN5O/c19-13-5-3-4-12(10-13)16-22-17-15(20)21-14(11-24(17)23-16)6-9-18(25)7-1-2-8-18/h3-5,10-11,25H,1-2,7-8H2,(H2,20,21). The van der Waals surface area contributed by atoms with Gasteiger partial charge < -0.3 is 10.8 Å². The van der Waals surface area contributed by atoms with Crippen molar-refractivity contribution in [3.63, 3.8) is 0 Å². The Bertz CT molecular complexity index is 1010. The predicted molar refractivity (Wildman–Crippen MR) is 90.9 cm³/mol. The molecule has 1 aliphatic rings. The lowest BCUT2D eigenvalue weighted by Crippen LogP contribution is -2.20. The summed E-state index contributed by atoms with van der Waals surface area (Å²) in [7, 11) is 0. The van der Waals surface area contributed by atoms with Crippen molar-refractivity contribution >= 4 is 11.5 Å². The monoisotopic (exact) mass is 337 g/mol. The van der Waals surface area contributed by atoms with Crippen LogP contribution in [0.25, 0.3) is 17.0 Å². The number of halogens is 1. The number of hydrogen-bond acceptors (Lipinski definition) is 5. The Morgan fingerprint density at radius 3 is 2.80 bits per heavy atom. The Balaban J connectivity index is 1.74. The lowest BCUT2D eigenvalue weighted by atomic mass is 10.0. The smallest absolute Gasteiger partial charge is 0.198 e. The molecule has 0 bridgehead atoms. The second-order valence-corrected chi connectivity index (χ2v) is 6.21. The van der Waals surface area contributed by atoms with Gasteiger partial charge in [0.15, 0.2) is 17.3 Å². The molecule has 1 aliphatic carbocycles. The summed E-state index contributed by atoms with van der Waals surface area (Å²) in [6, 6.07) is 6.03. The summed E-state index contributed by atoms with van der Waals surface area (Å²) in [5.41, 5.74) is 6.35. The van der Waals surface area contributed by atoms with Gasteiger partial charge in [-0.25, -0.2) is 18.9 Å². The molecule has 0 unspecified atom stereocenters. The first-order valence-corrected chi connectivity index (χ1v) is 8.07. The Morgan fingerprint density at radius 1 is 1.24 bits per heavy atom. The third kappa shape index (κ3) is 3.04. The minimum Gasteiger partial charge on any atom is -0.381 e. The van der Waals surface area contributed by atoms with Gasteiger partial charge in [0.1, 0.15) is 17.1 Å². The fourth-order valence-electron chi connectivity index (χ4n) is 2.99. The summed E-state index contributed by atoms with van der Waals surface area (Å²) in [5, 5.41) is 14.6. The topological polar surface area (TPSA) is 89.3 Å². The third-order valence-electron chi connectivity index (χ3n) is 4.28. The molecule has 1 fully saturated rings. The van der Waals surface area contributed by atoms with Crippen LogP contribution in [0.15, 0.2) is 30.5 Å². The fraction of sp³-hybridized carbons (Fsp3) is 0.278. The molecule has 1 saturated carbocycles. The van der Waals surface area contributed by atoms with Gasteiger partial charge in [-0.15, -0.1) is 5.10 Å². The highest BCUT2D eigenvalue weighted by Gasteiger charge is 2.28. The largest absolute Gasteiger partial charge is 0.381 e. The average molecular weight is 337 g/mol. The zero-order valence-corrected chi connectivity index (χ0v) is 13.4. The van der Waals surface area contributed by atoms with E-state index in [1.807, 2.05) is 0 Å². The highest BCUT2D eigenvalue weighted by atomic mass is 19.1. The molecule has 0 atom stereocenters. The molecule has 2 aromatic heterocycles. The number of nitrogens with two attached hydrogens (primary N) is 1. The number of nitrogen functional groups attached to an aromatic ring is 1. The highest BCUT2D eigenvalue weighted by Crippen LogP contribution is 2.28. The van der Waals surface area contributed by atoms with Gasteiger partial charge in [-0.2, -0.15) is 0 Å². The quantitative estimate of drug-likeness (QED) is 0.664. The summed E-state index contributed by atoms with van der Waals surface area (Å²) < 4.78 is 14.9. The van der Waals surface area contributed by atoms with E-state index in [-0.39, 0.29) is 11.6 Å². The van der Waals surface area contributed by atoms with E-state index in [0.29, 0.717) is 35.6 Å². The molecule has 0 saturated heterocycles. The van der Waals surface area contributed by atoms with Crippen molar-refractivity contribution in [1.29, 1.82) is 0 Å². The van der Waals surface area contributed by atoms with Crippen LogP contribution in [0.4, 0.5) is 10.2 Å². The molecule has 6 nitrogen and oxygen atoms in total. The van der Waals surface area contributed by atoms with Crippen LogP contribution in [0, 0.1) is 17.7 Å². The molecule has 1 aromatic carbocycles. The zero-order valence-electron chi connectivity index (χ0n) is 13.4. The van der Waals surface area contributed by atoms with Crippen molar-refractivity contribution in [2.24, 2.45) is 0 Å². The second kappa shape index (κ2) is 5.83. The number of anilines is 1. The van der Waals surface area contributed by atoms with Gasteiger partial charge in [0, 0.05) is 5.56 Å². The molecule has 0 amide bonds. The van der Waals surface area contributed by atoms with E-state index in [1.165, 1.54) is 16.6 Å². The van der Waals surface area contributed by atoms with Gasteiger partial charge in [-0.3, -0.25) is 0 Å². The number of nitrogens with zero attached hydrogens (tertiary/aromatic N) is 4. The first-order chi connectivity index (χ1) is 12.0. The Kier molecular flexibility index (Phi) is 3.62. The fourth-order valence-corrected chi connectivity index (χ4v) is 2.99. The van der Waals surface area contributed by atoms with Crippen molar-refractivity contribution in [3.8, 4) is 23.2 Å². The van der Waals surface area contributed by atoms with E-state index in [9.17, 15) is 9.50 Å². The van der Waals surface area contributed by atoms with Gasteiger partial charge >= 0.3 is 0 Å². The molecular formula is C18H16FN5O. The average Bonchev–Trinajstić information content (AvgIpc) is 3.20. The SMILES string of the molecule is Nc1nc(C#CC2(O)CCCC2)cn2nc(-c3cccc(F)c3)nc12. The number of hydrogen-bond donors (Lipinski definition) is 2. The predicted octanol–water partition coefficient (Wildman–Crippen LogP) is 2.17. The highest BCUT2D eigenvalue weighted by molar-refractivity contribution is 5.65. The van der Waals surface area contributed by atoms with Gasteiger partial charge in [0.25, 0.3) is 0 Å². The van der Waals surface area contributed by atoms with Crippen molar-refractivity contribution in [2.45, 2.75) is 31.3 Å². The third-order valence-corrected chi connectivity index (χ3v) is 4.28. The molecule has 2 heterocycles. The van der Waals surface area contributed by atoms with Gasteiger partial charge in [-0.05, 0) is 43.7 Å². The van der Waals surface area contributed by atoms with Crippen LogP contribution in [0.1, 0.15) is 31.4 Å². The molecule has 3 N–H and O–H groups in total. The number of fused-ring (bicyclic) bond motifs is 1. The molecular weight excluding hydrogens is 321 g/mol. The first kappa shape index (κ1) is 15.5. The van der Waals surface area contributed by atoms with Crippen molar-refractivity contribution in [2.75, 3.05) is 5.73 Å². The Labute approximate surface area is 143 Å². The number of aliphatic hydroxyl groups is 1. The Hall–Kier alpha value is -2.98. The zero-order chi connectivity index (χ0) is 17.4. The van der Waals surface area contributed by atoms with E-state index < -0.39 is 5.60 Å². The van der Waals surface area contributed by atoms with Gasteiger partial charge in [0.05, 0.1) is 6.20 Å². The maximum absolute atomic E-state index is 13.4. The number of benzene rings is 1. The molecule has 0 spiro atoms. The van der Waals surface area contributed by atoms with Crippen molar-refractivity contribution < 1.29 is 9.50 Å². The van der Waals surface area contributed by atoms with Crippen LogP contribution in [-0.4, -0.2) is 30.3 Å². The second-order valence-electron chi connectivity index (χ2n) is 6.21. The minimum absolute atomic E-state index is 0.181. The molecule has 0 radical (unpaired) electrons. The lowest BCUT2D eigenvalue weighted by Gasteiger charge is -2.12. The molecule has 126 valence electrons. The summed E-state index contributed by atoms with van der Waals surface area (Å²) >= 11 is 0. The summed E-state index contributed by atoms with van der Waals surface area (Å²) in [6.07, 6.45) is 4.89. The molecule has 7 heteroatoms. The van der Waals surface area contributed by atoms with E-state index in [1.54, 1.807) is 18.3 Å². The summed E-state index contributed by atoms with van der Waals surface area (Å²) in [4.78, 5) is 8.53. The minimum atomic E-state index is -0.944. The van der Waals surface area contributed by atoms with E-state index >= 15 is 0 Å².